The first-order valence-corrected chi connectivity index (χ1v) is 27.8. The molecule has 0 aromatic heterocycles. The Kier molecular flexibility index (Phi) is 47.4. The van der Waals surface area contributed by atoms with E-state index >= 15 is 0 Å². The Hall–Kier alpha value is -1.24. The molecule has 0 saturated carbocycles. The van der Waals surface area contributed by atoms with Crippen LogP contribution in [0.4, 0.5) is 0 Å². The van der Waals surface area contributed by atoms with E-state index in [1.54, 1.807) is 0 Å². The molecule has 0 bridgehead atoms. The van der Waals surface area contributed by atoms with Gasteiger partial charge in [0.2, 0.25) is 0 Å². The summed E-state index contributed by atoms with van der Waals surface area (Å²) in [5, 5.41) is 0. The zero-order chi connectivity index (χ0) is 42.3. The second-order valence-electron chi connectivity index (χ2n) is 17.8. The van der Waals surface area contributed by atoms with E-state index < -0.39 is 14.1 Å². The molecule has 0 aliphatic heterocycles. The van der Waals surface area contributed by atoms with Crippen molar-refractivity contribution in [3.8, 4) is 0 Å². The van der Waals surface area contributed by atoms with Gasteiger partial charge in [-0.05, 0) is 116 Å². The molecule has 0 aliphatic carbocycles. The van der Waals surface area contributed by atoms with Crippen molar-refractivity contribution in [2.45, 2.75) is 290 Å². The molecule has 0 atom stereocenters. The number of hydrogen-bond donors (Lipinski definition) is 0. The maximum absolute atomic E-state index is 13.5. The maximum Gasteiger partial charge on any atom is 0.548 e. The Bertz CT molecular complexity index is 857. The van der Waals surface area contributed by atoms with Gasteiger partial charge in [0.15, 0.2) is 0 Å². The van der Waals surface area contributed by atoms with Crippen molar-refractivity contribution < 1.29 is 14.4 Å². The molecule has 0 aromatic carbocycles. The van der Waals surface area contributed by atoms with Crippen LogP contribution in [0, 0.1) is 0 Å². The van der Waals surface area contributed by atoms with E-state index in [0.717, 1.165) is 77.0 Å². The van der Waals surface area contributed by atoms with Crippen LogP contribution in [0.1, 0.15) is 290 Å². The Balaban J connectivity index is 4.46. The van der Waals surface area contributed by atoms with Crippen LogP contribution in [-0.4, -0.2) is 28.1 Å². The second kappa shape index (κ2) is 48.4. The average molecular weight is 823 g/mol. The fourth-order valence-corrected chi connectivity index (χ4v) is 10.6. The van der Waals surface area contributed by atoms with Gasteiger partial charge in [0, 0.05) is 0 Å². The zero-order valence-corrected chi connectivity index (χ0v) is 40.6. The lowest BCUT2D eigenvalue weighted by Crippen LogP contribution is -2.43. The third-order valence-corrected chi connectivity index (χ3v) is 14.8. The molecule has 0 N–H and O–H groups in total. The van der Waals surface area contributed by atoms with Crippen molar-refractivity contribution in [1.82, 2.24) is 0 Å². The summed E-state index contributed by atoms with van der Waals surface area (Å²) in [6.07, 6.45) is 63.2. The van der Waals surface area contributed by atoms with Crippen molar-refractivity contribution >= 4 is 28.1 Å². The van der Waals surface area contributed by atoms with E-state index in [2.05, 4.69) is 57.2 Å². The lowest BCUT2D eigenvalue weighted by Gasteiger charge is -2.10. The summed E-state index contributed by atoms with van der Waals surface area (Å²) in [6.45, 7) is 6.81. The third-order valence-electron chi connectivity index (χ3n) is 12.0. The van der Waals surface area contributed by atoms with Gasteiger partial charge in [-0.3, -0.25) is 0 Å². The van der Waals surface area contributed by atoms with E-state index in [9.17, 15) is 14.4 Å². The number of unbranched alkanes of at least 4 members (excludes halogenated alkanes) is 33. The fourth-order valence-electron chi connectivity index (χ4n) is 8.08. The standard InChI is InChI=1S/3C18H33O.Al/c3*1-2-3-4-5-6-7-8-9-10-11-12-13-14-15-16-17-18-19;/h3*9-10H,2-8,11-17H2,1H3;/b3*10-9-;. The number of rotatable bonds is 48. The Morgan fingerprint density at radius 1 is 0.259 bits per heavy atom. The van der Waals surface area contributed by atoms with Crippen LogP contribution >= 0.6 is 0 Å². The predicted molar refractivity (Wildman–Crippen MR) is 259 cm³/mol. The summed E-state index contributed by atoms with van der Waals surface area (Å²) in [5.41, 5.74) is 0. The summed E-state index contributed by atoms with van der Waals surface area (Å²) in [5.74, 6) is 0. The lowest BCUT2D eigenvalue weighted by atomic mass is 10.1. The van der Waals surface area contributed by atoms with Crippen LogP contribution in [-0.2, 0) is 14.4 Å². The van der Waals surface area contributed by atoms with Crippen LogP contribution in [0.2, 0.25) is 0 Å². The second-order valence-corrected chi connectivity index (χ2v) is 20.6. The molecule has 3 nitrogen and oxygen atoms in total. The molecule has 0 heterocycles. The maximum atomic E-state index is 13.5. The van der Waals surface area contributed by atoms with Gasteiger partial charge < -0.3 is 14.4 Å². The summed E-state index contributed by atoms with van der Waals surface area (Å²) in [7, 11) is 0. The topological polar surface area (TPSA) is 51.2 Å². The van der Waals surface area contributed by atoms with Crippen molar-refractivity contribution in [2.24, 2.45) is 0 Å². The Labute approximate surface area is 367 Å². The lowest BCUT2D eigenvalue weighted by molar-refractivity contribution is -0.119. The Morgan fingerprint density at radius 3 is 0.638 bits per heavy atom. The molecule has 4 heteroatoms. The molecule has 0 amide bonds. The highest BCUT2D eigenvalue weighted by Crippen LogP contribution is 2.16. The van der Waals surface area contributed by atoms with E-state index in [1.165, 1.54) is 173 Å². The zero-order valence-electron chi connectivity index (χ0n) is 39.5. The van der Waals surface area contributed by atoms with E-state index in [4.69, 9.17) is 0 Å². The van der Waals surface area contributed by atoms with Crippen molar-refractivity contribution in [2.75, 3.05) is 0 Å². The van der Waals surface area contributed by atoms with Crippen LogP contribution in [0.5, 0.6) is 0 Å². The van der Waals surface area contributed by atoms with Gasteiger partial charge in [-0.1, -0.05) is 211 Å². The van der Waals surface area contributed by atoms with Gasteiger partial charge in [0.05, 0.1) is 13.9 Å². The normalized spacial score (nSPS) is 11.8. The van der Waals surface area contributed by atoms with Gasteiger partial charge >= 0.3 is 14.1 Å². The van der Waals surface area contributed by atoms with Crippen molar-refractivity contribution in [3.05, 3.63) is 36.5 Å². The summed E-state index contributed by atoms with van der Waals surface area (Å²) in [4.78, 5) is 40.4. The summed E-state index contributed by atoms with van der Waals surface area (Å²) >= 11 is -2.74. The van der Waals surface area contributed by atoms with Gasteiger partial charge in [-0.2, -0.15) is 0 Å². The Morgan fingerprint density at radius 2 is 0.431 bits per heavy atom. The molecule has 0 aromatic rings. The largest absolute Gasteiger partial charge is 0.548 e. The van der Waals surface area contributed by atoms with Gasteiger partial charge in [0.1, 0.15) is 0 Å². The van der Waals surface area contributed by atoms with E-state index in [0.29, 0.717) is 19.3 Å². The van der Waals surface area contributed by atoms with Gasteiger partial charge in [-0.15, -0.1) is 0 Å². The molecule has 336 valence electrons. The number of hydrogen-bond acceptors (Lipinski definition) is 3. The monoisotopic (exact) mass is 823 g/mol. The van der Waals surface area contributed by atoms with Crippen LogP contribution in [0.15, 0.2) is 36.5 Å². The highest BCUT2D eigenvalue weighted by atomic mass is 27.2. The number of allylic oxidation sites excluding steroid dienone is 6. The molecule has 0 saturated heterocycles. The molecule has 58 heavy (non-hydrogen) atoms. The average Bonchev–Trinajstić information content (AvgIpc) is 3.22. The minimum Gasteiger partial charge on any atom is -0.319 e. The third kappa shape index (κ3) is 41.5. The molecule has 0 radical (unpaired) electrons. The first kappa shape index (κ1) is 56.8. The van der Waals surface area contributed by atoms with Crippen LogP contribution in [0.3, 0.4) is 0 Å². The molecular weight excluding hydrogens is 724 g/mol. The number of carbonyl (C=O) groups is 3. The first-order valence-electron chi connectivity index (χ1n) is 26.1. The van der Waals surface area contributed by atoms with Gasteiger partial charge in [-0.25, -0.2) is 0 Å². The summed E-state index contributed by atoms with van der Waals surface area (Å²) < 4.78 is 0.106. The molecular formula is C54H99AlO3. The van der Waals surface area contributed by atoms with E-state index in [-0.39, 0.29) is 13.9 Å². The first-order chi connectivity index (χ1) is 28.6. The molecule has 0 spiro atoms. The summed E-state index contributed by atoms with van der Waals surface area (Å²) in [6, 6.07) is 0. The minimum absolute atomic E-state index is 0.0353. The predicted octanol–water partition coefficient (Wildman–Crippen LogP) is 17.9. The quantitative estimate of drug-likeness (QED) is 0.0349. The molecule has 0 rings (SSSR count). The van der Waals surface area contributed by atoms with Crippen LogP contribution in [0.25, 0.3) is 0 Å². The molecule has 0 aliphatic rings. The highest BCUT2D eigenvalue weighted by Gasteiger charge is 2.41. The fraction of sp³-hybridized carbons (Fsp3) is 0.833. The molecule has 0 fully saturated rings. The SMILES string of the molecule is CCCCCCCC/C=C\CCCCCCC[C](=O)[Al]([C](=O)CCCCCCC/C=C\CCCCCCCC)[C](=O)CCCCCCC/C=C\CCCCCCCC. The van der Waals surface area contributed by atoms with Crippen molar-refractivity contribution in [3.63, 3.8) is 0 Å². The minimum atomic E-state index is -2.74. The number of carbonyl (C=O) groups excluding carboxylic acids is 3. The van der Waals surface area contributed by atoms with E-state index in [1.807, 2.05) is 0 Å². The molecule has 0 unspecified atom stereocenters. The van der Waals surface area contributed by atoms with Crippen LogP contribution < -0.4 is 0 Å². The highest BCUT2D eigenvalue weighted by molar-refractivity contribution is 7.27. The van der Waals surface area contributed by atoms with Gasteiger partial charge in [0.25, 0.3) is 0 Å². The van der Waals surface area contributed by atoms with Crippen molar-refractivity contribution in [1.29, 1.82) is 0 Å². The smallest absolute Gasteiger partial charge is 0.319 e.